The summed E-state index contributed by atoms with van der Waals surface area (Å²) < 4.78 is 10.7. The fourth-order valence-electron chi connectivity index (χ4n) is 2.90. The summed E-state index contributed by atoms with van der Waals surface area (Å²) in [6.07, 6.45) is 3.60. The summed E-state index contributed by atoms with van der Waals surface area (Å²) in [6.45, 7) is 4.24. The van der Waals surface area contributed by atoms with Crippen molar-refractivity contribution in [1.82, 2.24) is 15.0 Å². The highest BCUT2D eigenvalue weighted by Crippen LogP contribution is 2.31. The quantitative estimate of drug-likeness (QED) is 0.793. The molecule has 0 aliphatic carbocycles. The van der Waals surface area contributed by atoms with Gasteiger partial charge in [0.1, 0.15) is 11.8 Å². The minimum Gasteiger partial charge on any atom is -0.496 e. The molecule has 0 radical (unpaired) electrons. The molecule has 0 unspecified atom stereocenters. The Hall–Kier alpha value is -2.63. The Morgan fingerprint density at radius 2 is 2.35 bits per heavy atom. The molecule has 6 heteroatoms. The van der Waals surface area contributed by atoms with Gasteiger partial charge in [-0.2, -0.15) is 4.98 Å². The number of carbonyl (C=O) groups excluding carboxylic acids is 1. The van der Waals surface area contributed by atoms with Crippen LogP contribution in [0, 0.1) is 0 Å². The standard InChI is InChI=1S/C17H19N3O3/c1-3-16(21)20-10-6-8-13(20)17-18-15(19-23-17)11-12-7-4-5-9-14(12)22-2/h3-5,7,9,13H,1,6,8,10-11H2,2H3/t13-/m1/s1. The molecule has 0 bridgehead atoms. The van der Waals surface area contributed by atoms with Crippen LogP contribution in [-0.2, 0) is 11.2 Å². The number of amides is 1. The topological polar surface area (TPSA) is 68.5 Å². The molecule has 1 aliphatic heterocycles. The van der Waals surface area contributed by atoms with Crippen molar-refractivity contribution in [2.45, 2.75) is 25.3 Å². The van der Waals surface area contributed by atoms with Gasteiger partial charge < -0.3 is 14.2 Å². The van der Waals surface area contributed by atoms with E-state index >= 15 is 0 Å². The Morgan fingerprint density at radius 3 is 3.13 bits per heavy atom. The van der Waals surface area contributed by atoms with Crippen molar-refractivity contribution in [1.29, 1.82) is 0 Å². The van der Waals surface area contributed by atoms with Crippen LogP contribution < -0.4 is 4.74 Å². The van der Waals surface area contributed by atoms with E-state index in [0.717, 1.165) is 24.2 Å². The average Bonchev–Trinajstić information content (AvgIpc) is 3.23. The maximum absolute atomic E-state index is 11.9. The van der Waals surface area contributed by atoms with Crippen LogP contribution >= 0.6 is 0 Å². The molecular formula is C17H19N3O3. The molecule has 0 saturated carbocycles. The molecule has 0 N–H and O–H groups in total. The number of aromatic nitrogens is 2. The molecule has 1 fully saturated rings. The Morgan fingerprint density at radius 1 is 1.52 bits per heavy atom. The van der Waals surface area contributed by atoms with Gasteiger partial charge in [-0.25, -0.2) is 0 Å². The third-order valence-corrected chi connectivity index (χ3v) is 4.02. The monoisotopic (exact) mass is 313 g/mol. The summed E-state index contributed by atoms with van der Waals surface area (Å²) in [5, 5.41) is 4.05. The lowest BCUT2D eigenvalue weighted by atomic mass is 10.1. The molecule has 1 atom stereocenters. The molecule has 1 aromatic heterocycles. The second-order valence-corrected chi connectivity index (χ2v) is 5.43. The predicted molar refractivity (Wildman–Crippen MR) is 84.0 cm³/mol. The van der Waals surface area contributed by atoms with Crippen molar-refractivity contribution in [2.75, 3.05) is 13.7 Å². The molecule has 3 rings (SSSR count). The first-order valence-electron chi connectivity index (χ1n) is 7.60. The zero-order valence-corrected chi connectivity index (χ0v) is 13.1. The van der Waals surface area contributed by atoms with Crippen molar-refractivity contribution in [3.63, 3.8) is 0 Å². The van der Waals surface area contributed by atoms with Crippen molar-refractivity contribution in [2.24, 2.45) is 0 Å². The van der Waals surface area contributed by atoms with E-state index < -0.39 is 0 Å². The molecule has 1 amide bonds. The summed E-state index contributed by atoms with van der Waals surface area (Å²) in [4.78, 5) is 18.1. The Labute approximate surface area is 134 Å². The van der Waals surface area contributed by atoms with E-state index in [1.54, 1.807) is 12.0 Å². The van der Waals surface area contributed by atoms with Crippen LogP contribution in [0.4, 0.5) is 0 Å². The lowest BCUT2D eigenvalue weighted by molar-refractivity contribution is -0.127. The fourth-order valence-corrected chi connectivity index (χ4v) is 2.90. The predicted octanol–water partition coefficient (Wildman–Crippen LogP) is 2.52. The summed E-state index contributed by atoms with van der Waals surface area (Å²) in [5.74, 6) is 1.77. The number of rotatable bonds is 5. The number of methoxy groups -OCH3 is 1. The van der Waals surface area contributed by atoms with Gasteiger partial charge in [0.05, 0.1) is 7.11 Å². The lowest BCUT2D eigenvalue weighted by Gasteiger charge is -2.19. The van der Waals surface area contributed by atoms with Crippen molar-refractivity contribution in [3.8, 4) is 5.75 Å². The highest BCUT2D eigenvalue weighted by Gasteiger charge is 2.32. The van der Waals surface area contributed by atoms with Gasteiger partial charge in [0.2, 0.25) is 11.8 Å². The van der Waals surface area contributed by atoms with E-state index in [0.29, 0.717) is 24.7 Å². The van der Waals surface area contributed by atoms with Crippen LogP contribution in [0.1, 0.15) is 36.2 Å². The molecule has 120 valence electrons. The molecule has 1 aromatic carbocycles. The number of benzene rings is 1. The number of carbonyl (C=O) groups is 1. The molecule has 1 saturated heterocycles. The largest absolute Gasteiger partial charge is 0.496 e. The average molecular weight is 313 g/mol. The highest BCUT2D eigenvalue weighted by atomic mass is 16.5. The third kappa shape index (κ3) is 3.11. The lowest BCUT2D eigenvalue weighted by Crippen LogP contribution is -2.28. The van der Waals surface area contributed by atoms with Crippen molar-refractivity contribution >= 4 is 5.91 Å². The Balaban J connectivity index is 1.78. The van der Waals surface area contributed by atoms with Crippen LogP contribution in [0.3, 0.4) is 0 Å². The summed E-state index contributed by atoms with van der Waals surface area (Å²) in [7, 11) is 1.64. The van der Waals surface area contributed by atoms with Gasteiger partial charge in [-0.15, -0.1) is 0 Å². The number of hydrogen-bond acceptors (Lipinski definition) is 5. The SMILES string of the molecule is C=CC(=O)N1CCC[C@@H]1c1nc(Cc2ccccc2OC)no1. The second kappa shape index (κ2) is 6.64. The minimum atomic E-state index is -0.153. The van der Waals surface area contributed by atoms with Crippen LogP contribution in [-0.4, -0.2) is 34.6 Å². The number of hydrogen-bond donors (Lipinski definition) is 0. The van der Waals surface area contributed by atoms with Crippen LogP contribution in [0.2, 0.25) is 0 Å². The second-order valence-electron chi connectivity index (χ2n) is 5.43. The fraction of sp³-hybridized carbons (Fsp3) is 0.353. The van der Waals surface area contributed by atoms with Gasteiger partial charge in [0.25, 0.3) is 0 Å². The maximum atomic E-state index is 11.9. The van der Waals surface area contributed by atoms with Gasteiger partial charge in [-0.1, -0.05) is 29.9 Å². The van der Waals surface area contributed by atoms with E-state index in [1.165, 1.54) is 6.08 Å². The third-order valence-electron chi connectivity index (χ3n) is 4.02. The van der Waals surface area contributed by atoms with E-state index in [9.17, 15) is 4.79 Å². The van der Waals surface area contributed by atoms with E-state index in [4.69, 9.17) is 9.26 Å². The van der Waals surface area contributed by atoms with E-state index in [-0.39, 0.29) is 11.9 Å². The Kier molecular flexibility index (Phi) is 4.41. The highest BCUT2D eigenvalue weighted by molar-refractivity contribution is 5.87. The first kappa shape index (κ1) is 15.3. The molecule has 6 nitrogen and oxygen atoms in total. The van der Waals surface area contributed by atoms with E-state index in [1.807, 2.05) is 24.3 Å². The van der Waals surface area contributed by atoms with Gasteiger partial charge in [0.15, 0.2) is 5.82 Å². The first-order valence-corrected chi connectivity index (χ1v) is 7.60. The van der Waals surface area contributed by atoms with Gasteiger partial charge in [-0.05, 0) is 25.0 Å². The molecule has 23 heavy (non-hydrogen) atoms. The molecular weight excluding hydrogens is 294 g/mol. The number of para-hydroxylation sites is 1. The van der Waals surface area contributed by atoms with Gasteiger partial charge in [0, 0.05) is 18.5 Å². The molecule has 1 aliphatic rings. The number of ether oxygens (including phenoxy) is 1. The normalized spacial score (nSPS) is 17.3. The summed E-state index contributed by atoms with van der Waals surface area (Å²) in [6, 6.07) is 7.58. The van der Waals surface area contributed by atoms with Gasteiger partial charge >= 0.3 is 0 Å². The molecule has 2 aromatic rings. The molecule has 0 spiro atoms. The first-order chi connectivity index (χ1) is 11.2. The maximum Gasteiger partial charge on any atom is 0.249 e. The molecule has 2 heterocycles. The van der Waals surface area contributed by atoms with E-state index in [2.05, 4.69) is 16.7 Å². The minimum absolute atomic E-state index is 0.100. The zero-order valence-electron chi connectivity index (χ0n) is 13.1. The smallest absolute Gasteiger partial charge is 0.249 e. The van der Waals surface area contributed by atoms with Crippen molar-refractivity contribution in [3.05, 3.63) is 54.2 Å². The van der Waals surface area contributed by atoms with Crippen LogP contribution in [0.25, 0.3) is 0 Å². The van der Waals surface area contributed by atoms with Gasteiger partial charge in [-0.3, -0.25) is 4.79 Å². The number of likely N-dealkylation sites (tertiary alicyclic amines) is 1. The van der Waals surface area contributed by atoms with Crippen LogP contribution in [0.15, 0.2) is 41.4 Å². The number of nitrogens with zero attached hydrogens (tertiary/aromatic N) is 3. The zero-order chi connectivity index (χ0) is 16.2. The summed E-state index contributed by atoms with van der Waals surface area (Å²) in [5.41, 5.74) is 0.993. The summed E-state index contributed by atoms with van der Waals surface area (Å²) >= 11 is 0. The Bertz CT molecular complexity index is 711. The van der Waals surface area contributed by atoms with Crippen molar-refractivity contribution < 1.29 is 14.1 Å². The van der Waals surface area contributed by atoms with Crippen LogP contribution in [0.5, 0.6) is 5.75 Å².